The molecule has 1 N–H and O–H groups in total. The van der Waals surface area contributed by atoms with Crippen LogP contribution in [0.2, 0.25) is 0 Å². The van der Waals surface area contributed by atoms with E-state index in [9.17, 15) is 9.59 Å². The third-order valence-corrected chi connectivity index (χ3v) is 3.13. The molecule has 0 aromatic carbocycles. The van der Waals surface area contributed by atoms with E-state index in [-0.39, 0.29) is 24.3 Å². The molecule has 7 nitrogen and oxygen atoms in total. The van der Waals surface area contributed by atoms with Crippen LogP contribution in [-0.2, 0) is 4.79 Å². The zero-order valence-corrected chi connectivity index (χ0v) is 13.7. The summed E-state index contributed by atoms with van der Waals surface area (Å²) >= 11 is 0. The molecule has 7 heteroatoms. The largest absolute Gasteiger partial charge is 0.355 e. The second kappa shape index (κ2) is 9.09. The molecule has 0 saturated heterocycles. The van der Waals surface area contributed by atoms with E-state index in [1.807, 2.05) is 32.8 Å². The van der Waals surface area contributed by atoms with E-state index in [0.29, 0.717) is 18.8 Å². The van der Waals surface area contributed by atoms with E-state index in [1.165, 1.54) is 18.6 Å². The molecule has 0 aliphatic heterocycles. The second-order valence-electron chi connectivity index (χ2n) is 5.59. The number of nitrogens with zero attached hydrogens (tertiary/aromatic N) is 4. The Balaban J connectivity index is 2.51. The van der Waals surface area contributed by atoms with Crippen LogP contribution in [0.4, 0.5) is 0 Å². The zero-order valence-electron chi connectivity index (χ0n) is 13.7. The Kier molecular flexibility index (Phi) is 7.45. The van der Waals surface area contributed by atoms with Gasteiger partial charge in [-0.2, -0.15) is 0 Å². The number of rotatable bonds is 8. The van der Waals surface area contributed by atoms with Crippen LogP contribution < -0.4 is 5.32 Å². The van der Waals surface area contributed by atoms with Crippen LogP contribution in [0.1, 0.15) is 30.8 Å². The lowest BCUT2D eigenvalue weighted by molar-refractivity contribution is -0.121. The maximum atomic E-state index is 12.4. The molecule has 0 saturated carbocycles. The summed E-state index contributed by atoms with van der Waals surface area (Å²) in [6.45, 7) is 5.58. The molecule has 0 spiro atoms. The fourth-order valence-electron chi connectivity index (χ4n) is 1.88. The Morgan fingerprint density at radius 1 is 1.23 bits per heavy atom. The van der Waals surface area contributed by atoms with Crippen molar-refractivity contribution in [2.75, 3.05) is 33.7 Å². The molecule has 0 bridgehead atoms. The number of carbonyl (C=O) groups is 2. The number of hydrogen-bond acceptors (Lipinski definition) is 5. The topological polar surface area (TPSA) is 78.4 Å². The summed E-state index contributed by atoms with van der Waals surface area (Å²) in [7, 11) is 3.90. The maximum absolute atomic E-state index is 12.4. The maximum Gasteiger partial charge on any atom is 0.274 e. The molecule has 2 amide bonds. The fourth-order valence-corrected chi connectivity index (χ4v) is 1.88. The summed E-state index contributed by atoms with van der Waals surface area (Å²) < 4.78 is 0. The van der Waals surface area contributed by atoms with Crippen molar-refractivity contribution in [3.05, 3.63) is 24.3 Å². The lowest BCUT2D eigenvalue weighted by atomic mass is 10.2. The number of likely N-dealkylation sites (N-methyl/N-ethyl adjacent to an activating group) is 1. The van der Waals surface area contributed by atoms with Gasteiger partial charge in [-0.05, 0) is 27.9 Å². The van der Waals surface area contributed by atoms with Gasteiger partial charge in [0.25, 0.3) is 5.91 Å². The number of hydrogen-bond donors (Lipinski definition) is 1. The Morgan fingerprint density at radius 3 is 2.50 bits per heavy atom. The average molecular weight is 307 g/mol. The highest BCUT2D eigenvalue weighted by Crippen LogP contribution is 2.06. The quantitative estimate of drug-likeness (QED) is 0.752. The molecule has 1 aromatic rings. The van der Waals surface area contributed by atoms with Crippen molar-refractivity contribution in [2.45, 2.75) is 26.3 Å². The fraction of sp³-hybridized carbons (Fsp3) is 0.600. The van der Waals surface area contributed by atoms with Crippen LogP contribution in [0.25, 0.3) is 0 Å². The highest BCUT2D eigenvalue weighted by atomic mass is 16.2. The van der Waals surface area contributed by atoms with Gasteiger partial charge in [0.05, 0.1) is 6.20 Å². The minimum Gasteiger partial charge on any atom is -0.355 e. The van der Waals surface area contributed by atoms with E-state index in [0.717, 1.165) is 6.54 Å². The SMILES string of the molecule is CC(C)N(CCC(=O)NCCN(C)C)C(=O)c1cnccn1. The molecular weight excluding hydrogens is 282 g/mol. The van der Waals surface area contributed by atoms with E-state index in [1.54, 1.807) is 4.90 Å². The summed E-state index contributed by atoms with van der Waals surface area (Å²) in [6.07, 6.45) is 4.72. The van der Waals surface area contributed by atoms with Crippen LogP contribution in [0.3, 0.4) is 0 Å². The monoisotopic (exact) mass is 307 g/mol. The first kappa shape index (κ1) is 18.0. The third kappa shape index (κ3) is 6.17. The van der Waals surface area contributed by atoms with Gasteiger partial charge in [-0.1, -0.05) is 0 Å². The van der Waals surface area contributed by atoms with Crippen molar-refractivity contribution in [2.24, 2.45) is 0 Å². The van der Waals surface area contributed by atoms with E-state index in [4.69, 9.17) is 0 Å². The molecule has 0 unspecified atom stereocenters. The minimum atomic E-state index is -0.204. The molecule has 0 aliphatic rings. The Bertz CT molecular complexity index is 476. The summed E-state index contributed by atoms with van der Waals surface area (Å²) in [5.41, 5.74) is 0.296. The van der Waals surface area contributed by atoms with E-state index < -0.39 is 0 Å². The molecule has 1 heterocycles. The normalized spacial score (nSPS) is 10.8. The molecule has 22 heavy (non-hydrogen) atoms. The van der Waals surface area contributed by atoms with Gasteiger partial charge >= 0.3 is 0 Å². The van der Waals surface area contributed by atoms with Crippen molar-refractivity contribution in [3.63, 3.8) is 0 Å². The van der Waals surface area contributed by atoms with Crippen LogP contribution in [0.5, 0.6) is 0 Å². The average Bonchev–Trinajstić information content (AvgIpc) is 2.47. The predicted octanol–water partition coefficient (Wildman–Crippen LogP) is 0.395. The van der Waals surface area contributed by atoms with Crippen molar-refractivity contribution >= 4 is 11.8 Å². The molecular formula is C15H25N5O2. The van der Waals surface area contributed by atoms with E-state index in [2.05, 4.69) is 15.3 Å². The highest BCUT2D eigenvalue weighted by Gasteiger charge is 2.20. The summed E-state index contributed by atoms with van der Waals surface area (Å²) in [4.78, 5) is 35.8. The van der Waals surface area contributed by atoms with Crippen molar-refractivity contribution in [1.29, 1.82) is 0 Å². The predicted molar refractivity (Wildman–Crippen MR) is 84.4 cm³/mol. The van der Waals surface area contributed by atoms with Gasteiger partial charge in [0.2, 0.25) is 5.91 Å². The van der Waals surface area contributed by atoms with Crippen molar-refractivity contribution in [1.82, 2.24) is 25.1 Å². The second-order valence-corrected chi connectivity index (χ2v) is 5.59. The van der Waals surface area contributed by atoms with Gasteiger partial charge in [0.15, 0.2) is 0 Å². The first-order chi connectivity index (χ1) is 10.4. The van der Waals surface area contributed by atoms with Crippen LogP contribution in [0.15, 0.2) is 18.6 Å². The Hall–Kier alpha value is -2.02. The highest BCUT2D eigenvalue weighted by molar-refractivity contribution is 5.92. The van der Waals surface area contributed by atoms with Crippen molar-refractivity contribution < 1.29 is 9.59 Å². The van der Waals surface area contributed by atoms with Gasteiger partial charge in [0.1, 0.15) is 5.69 Å². The molecule has 122 valence electrons. The van der Waals surface area contributed by atoms with Gasteiger partial charge in [-0.3, -0.25) is 14.6 Å². The lowest BCUT2D eigenvalue weighted by Crippen LogP contribution is -2.40. The standard InChI is InChI=1S/C15H25N5O2/c1-12(2)20(15(22)13-11-16-6-7-17-13)9-5-14(21)18-8-10-19(3)4/h6-7,11-12H,5,8-10H2,1-4H3,(H,18,21). The molecule has 0 fully saturated rings. The summed E-state index contributed by atoms with van der Waals surface area (Å²) in [6, 6.07) is -0.0101. The Morgan fingerprint density at radius 2 is 1.95 bits per heavy atom. The molecule has 1 aromatic heterocycles. The first-order valence-corrected chi connectivity index (χ1v) is 7.40. The molecule has 0 atom stereocenters. The summed E-state index contributed by atoms with van der Waals surface area (Å²) in [5, 5.41) is 2.84. The van der Waals surface area contributed by atoms with Crippen LogP contribution in [0, 0.1) is 0 Å². The lowest BCUT2D eigenvalue weighted by Gasteiger charge is -2.26. The van der Waals surface area contributed by atoms with Gasteiger partial charge in [0, 0.05) is 44.5 Å². The van der Waals surface area contributed by atoms with Crippen molar-refractivity contribution in [3.8, 4) is 0 Å². The first-order valence-electron chi connectivity index (χ1n) is 7.40. The number of carbonyl (C=O) groups excluding carboxylic acids is 2. The zero-order chi connectivity index (χ0) is 16.5. The summed E-state index contributed by atoms with van der Waals surface area (Å²) in [5.74, 6) is -0.261. The van der Waals surface area contributed by atoms with Crippen LogP contribution in [-0.4, -0.2) is 71.4 Å². The number of aromatic nitrogens is 2. The van der Waals surface area contributed by atoms with Gasteiger partial charge < -0.3 is 15.1 Å². The molecule has 1 rings (SSSR count). The van der Waals surface area contributed by atoms with Crippen LogP contribution >= 0.6 is 0 Å². The van der Waals surface area contributed by atoms with E-state index >= 15 is 0 Å². The van der Waals surface area contributed by atoms with Gasteiger partial charge in [-0.15, -0.1) is 0 Å². The molecule has 0 aliphatic carbocycles. The number of nitrogens with one attached hydrogen (secondary N) is 1. The number of amides is 2. The van der Waals surface area contributed by atoms with Gasteiger partial charge in [-0.25, -0.2) is 4.98 Å². The minimum absolute atomic E-state index is 0.0101. The Labute approximate surface area is 131 Å². The smallest absolute Gasteiger partial charge is 0.274 e. The molecule has 0 radical (unpaired) electrons. The third-order valence-electron chi connectivity index (χ3n) is 3.13.